The lowest BCUT2D eigenvalue weighted by Gasteiger charge is -2.11. The van der Waals surface area contributed by atoms with Gasteiger partial charge in [-0.1, -0.05) is 13.8 Å². The van der Waals surface area contributed by atoms with Crippen LogP contribution in [0, 0.1) is 11.3 Å². The number of hydrogen-bond acceptors (Lipinski definition) is 5. The van der Waals surface area contributed by atoms with Crippen LogP contribution in [0.25, 0.3) is 0 Å². The van der Waals surface area contributed by atoms with E-state index < -0.39 is 0 Å². The van der Waals surface area contributed by atoms with Crippen LogP contribution in [-0.2, 0) is 17.6 Å². The molecule has 0 aliphatic carbocycles. The summed E-state index contributed by atoms with van der Waals surface area (Å²) in [7, 11) is 1.64. The van der Waals surface area contributed by atoms with Crippen molar-refractivity contribution in [1.82, 2.24) is 10.2 Å². The van der Waals surface area contributed by atoms with E-state index >= 15 is 0 Å². The number of ether oxygens (including phenoxy) is 2. The average Bonchev–Trinajstić information content (AvgIpc) is 2.42. The lowest BCUT2D eigenvalue weighted by Crippen LogP contribution is -2.09. The number of methoxy groups -OCH3 is 1. The first-order chi connectivity index (χ1) is 8.78. The lowest BCUT2D eigenvalue weighted by molar-refractivity contribution is 0.170. The molecule has 0 radical (unpaired) electrons. The van der Waals surface area contributed by atoms with Crippen molar-refractivity contribution in [3.8, 4) is 11.9 Å². The Kier molecular flexibility index (Phi) is 6.09. The van der Waals surface area contributed by atoms with Crippen molar-refractivity contribution in [2.24, 2.45) is 0 Å². The summed E-state index contributed by atoms with van der Waals surface area (Å²) >= 11 is 0. The molecule has 1 aromatic rings. The maximum atomic E-state index is 9.23. The second-order valence-electron chi connectivity index (χ2n) is 3.82. The minimum Gasteiger partial charge on any atom is -0.476 e. The van der Waals surface area contributed by atoms with Gasteiger partial charge in [-0.3, -0.25) is 0 Å². The highest BCUT2D eigenvalue weighted by atomic mass is 16.5. The smallest absolute Gasteiger partial charge is 0.251 e. The van der Waals surface area contributed by atoms with Crippen LogP contribution in [0.1, 0.15) is 37.1 Å². The van der Waals surface area contributed by atoms with E-state index in [2.05, 4.69) is 16.3 Å². The zero-order chi connectivity index (χ0) is 13.4. The van der Waals surface area contributed by atoms with Gasteiger partial charge in [0.2, 0.25) is 0 Å². The van der Waals surface area contributed by atoms with Gasteiger partial charge in [0.1, 0.15) is 11.6 Å². The van der Waals surface area contributed by atoms with Gasteiger partial charge in [0.25, 0.3) is 5.88 Å². The summed E-state index contributed by atoms with van der Waals surface area (Å²) in [6.07, 6.45) is 2.30. The maximum Gasteiger partial charge on any atom is 0.251 e. The number of aromatic nitrogens is 2. The standard InChI is InChI=1S/C13H19N3O2/c1-4-10-11(9-14)13(16-15-12(10)5-2)18-8-6-7-17-3/h4-8H2,1-3H3. The Bertz CT molecular complexity index is 427. The number of hydrogen-bond donors (Lipinski definition) is 0. The van der Waals surface area contributed by atoms with Gasteiger partial charge in [-0.25, -0.2) is 0 Å². The van der Waals surface area contributed by atoms with Crippen LogP contribution in [0.3, 0.4) is 0 Å². The van der Waals surface area contributed by atoms with Crippen molar-refractivity contribution in [3.63, 3.8) is 0 Å². The van der Waals surface area contributed by atoms with E-state index in [1.165, 1.54) is 0 Å². The predicted octanol–water partition coefficient (Wildman–Crippen LogP) is 1.89. The van der Waals surface area contributed by atoms with Gasteiger partial charge in [0.15, 0.2) is 0 Å². The summed E-state index contributed by atoms with van der Waals surface area (Å²) in [6.45, 7) is 5.12. The largest absolute Gasteiger partial charge is 0.476 e. The molecular weight excluding hydrogens is 230 g/mol. The van der Waals surface area contributed by atoms with Crippen molar-refractivity contribution in [2.75, 3.05) is 20.3 Å². The molecule has 0 aliphatic rings. The fraction of sp³-hybridized carbons (Fsp3) is 0.615. The number of aryl methyl sites for hydroxylation is 1. The third-order valence-electron chi connectivity index (χ3n) is 2.66. The van der Waals surface area contributed by atoms with Gasteiger partial charge in [-0.15, -0.1) is 5.10 Å². The topological polar surface area (TPSA) is 68.0 Å². The molecule has 1 heterocycles. The molecule has 0 fully saturated rings. The summed E-state index contributed by atoms with van der Waals surface area (Å²) in [5.41, 5.74) is 2.33. The van der Waals surface area contributed by atoms with Crippen molar-refractivity contribution in [2.45, 2.75) is 33.1 Å². The normalized spacial score (nSPS) is 10.1. The van der Waals surface area contributed by atoms with E-state index in [0.717, 1.165) is 30.5 Å². The summed E-state index contributed by atoms with van der Waals surface area (Å²) in [5.74, 6) is 0.336. The van der Waals surface area contributed by atoms with Gasteiger partial charge in [-0.05, 0) is 18.4 Å². The molecule has 0 unspecified atom stereocenters. The van der Waals surface area contributed by atoms with E-state index in [0.29, 0.717) is 24.7 Å². The first kappa shape index (κ1) is 14.4. The number of rotatable bonds is 7. The molecule has 0 saturated heterocycles. The van der Waals surface area contributed by atoms with Crippen molar-refractivity contribution < 1.29 is 9.47 Å². The molecule has 0 atom stereocenters. The van der Waals surface area contributed by atoms with Crippen LogP contribution in [0.5, 0.6) is 5.88 Å². The zero-order valence-corrected chi connectivity index (χ0v) is 11.2. The Hall–Kier alpha value is -1.67. The Morgan fingerprint density at radius 1 is 1.17 bits per heavy atom. The van der Waals surface area contributed by atoms with Crippen LogP contribution >= 0.6 is 0 Å². The minimum atomic E-state index is 0.336. The molecule has 18 heavy (non-hydrogen) atoms. The van der Waals surface area contributed by atoms with E-state index in [9.17, 15) is 5.26 Å². The second-order valence-corrected chi connectivity index (χ2v) is 3.82. The third kappa shape index (κ3) is 3.41. The Labute approximate surface area is 108 Å². The predicted molar refractivity (Wildman–Crippen MR) is 67.5 cm³/mol. The lowest BCUT2D eigenvalue weighted by atomic mass is 10.0. The molecule has 0 aliphatic heterocycles. The number of nitrogens with zero attached hydrogens (tertiary/aromatic N) is 3. The van der Waals surface area contributed by atoms with Crippen molar-refractivity contribution in [3.05, 3.63) is 16.8 Å². The molecule has 1 rings (SSSR count). The fourth-order valence-corrected chi connectivity index (χ4v) is 1.74. The molecule has 1 aromatic heterocycles. The summed E-state index contributed by atoms with van der Waals surface area (Å²) in [5, 5.41) is 17.3. The van der Waals surface area contributed by atoms with Crippen molar-refractivity contribution >= 4 is 0 Å². The highest BCUT2D eigenvalue weighted by Gasteiger charge is 2.15. The SMILES string of the molecule is CCc1nnc(OCCCOC)c(C#N)c1CC. The Morgan fingerprint density at radius 3 is 2.50 bits per heavy atom. The zero-order valence-electron chi connectivity index (χ0n) is 11.2. The highest BCUT2D eigenvalue weighted by molar-refractivity contribution is 5.46. The molecule has 98 valence electrons. The monoisotopic (exact) mass is 249 g/mol. The fourth-order valence-electron chi connectivity index (χ4n) is 1.74. The maximum absolute atomic E-state index is 9.23. The molecule has 5 heteroatoms. The quantitative estimate of drug-likeness (QED) is 0.690. The molecule has 0 saturated carbocycles. The van der Waals surface area contributed by atoms with Gasteiger partial charge < -0.3 is 9.47 Å². The molecule has 0 spiro atoms. The van der Waals surface area contributed by atoms with Crippen molar-refractivity contribution in [1.29, 1.82) is 5.26 Å². The van der Waals surface area contributed by atoms with Gasteiger partial charge >= 0.3 is 0 Å². The van der Waals surface area contributed by atoms with E-state index in [1.54, 1.807) is 7.11 Å². The van der Waals surface area contributed by atoms with Crippen LogP contribution in [0.2, 0.25) is 0 Å². The first-order valence-electron chi connectivity index (χ1n) is 6.18. The van der Waals surface area contributed by atoms with E-state index in [4.69, 9.17) is 9.47 Å². The average molecular weight is 249 g/mol. The highest BCUT2D eigenvalue weighted by Crippen LogP contribution is 2.21. The first-order valence-corrected chi connectivity index (χ1v) is 6.18. The molecule has 0 aromatic carbocycles. The van der Waals surface area contributed by atoms with Gasteiger partial charge in [-0.2, -0.15) is 10.4 Å². The molecule has 0 N–H and O–H groups in total. The van der Waals surface area contributed by atoms with E-state index in [-0.39, 0.29) is 0 Å². The Balaban J connectivity index is 2.89. The Morgan fingerprint density at radius 2 is 1.94 bits per heavy atom. The van der Waals surface area contributed by atoms with Crippen LogP contribution in [0.15, 0.2) is 0 Å². The van der Waals surface area contributed by atoms with Gasteiger partial charge in [0, 0.05) is 20.1 Å². The van der Waals surface area contributed by atoms with Crippen LogP contribution < -0.4 is 4.74 Å². The second kappa shape index (κ2) is 7.62. The molecule has 5 nitrogen and oxygen atoms in total. The van der Waals surface area contributed by atoms with Crippen LogP contribution in [0.4, 0.5) is 0 Å². The van der Waals surface area contributed by atoms with Gasteiger partial charge in [0.05, 0.1) is 12.3 Å². The molecule has 0 bridgehead atoms. The minimum absolute atomic E-state index is 0.336. The summed E-state index contributed by atoms with van der Waals surface area (Å²) in [4.78, 5) is 0. The molecular formula is C13H19N3O2. The van der Waals surface area contributed by atoms with E-state index in [1.807, 2.05) is 13.8 Å². The molecule has 0 amide bonds. The third-order valence-corrected chi connectivity index (χ3v) is 2.66. The number of nitriles is 1. The summed E-state index contributed by atoms with van der Waals surface area (Å²) < 4.78 is 10.4. The van der Waals surface area contributed by atoms with Crippen LogP contribution in [-0.4, -0.2) is 30.5 Å². The summed E-state index contributed by atoms with van der Waals surface area (Å²) in [6, 6.07) is 2.17.